The molecule has 2 aliphatic heterocycles. The van der Waals surface area contributed by atoms with E-state index in [2.05, 4.69) is 214 Å². The van der Waals surface area contributed by atoms with E-state index in [0.717, 1.165) is 145 Å². The molecule has 7 aromatic carbocycles. The number of aliphatic imine (C=N–C) groups is 1. The van der Waals surface area contributed by atoms with Crippen molar-refractivity contribution >= 4 is 106 Å². The number of hydrogen-bond acceptors (Lipinski definition) is 9. The molecule has 9 aromatic heterocycles. The number of hydrogen-bond donors (Lipinski definition) is 0. The predicted octanol–water partition coefficient (Wildman–Crippen LogP) is 19.0. The highest BCUT2D eigenvalue weighted by Crippen LogP contribution is 2.53. The zero-order valence-electron chi connectivity index (χ0n) is 47.7. The van der Waals surface area contributed by atoms with Crippen LogP contribution in [0.1, 0.15) is 40.7 Å². The van der Waals surface area contributed by atoms with Gasteiger partial charge in [-0.2, -0.15) is 0 Å². The largest absolute Gasteiger partial charge is 0.456 e. The van der Waals surface area contributed by atoms with Crippen molar-refractivity contribution in [2.24, 2.45) is 4.99 Å². The maximum absolute atomic E-state index is 7.07. The number of allylic oxidation sites excluding steroid dienone is 2. The van der Waals surface area contributed by atoms with Gasteiger partial charge in [0, 0.05) is 86.9 Å². The van der Waals surface area contributed by atoms with Gasteiger partial charge in [-0.15, -0.1) is 0 Å². The molecule has 0 saturated heterocycles. The average molecular weight is 1140 g/mol. The Hall–Kier alpha value is -11.8. The monoisotopic (exact) mass is 1140 g/mol. The lowest BCUT2D eigenvalue weighted by molar-refractivity contribution is 0.523. The number of fused-ring (bicyclic) bond motifs is 15. The predicted molar refractivity (Wildman–Crippen MR) is 357 cm³/mol. The molecule has 418 valence electrons. The lowest BCUT2D eigenvalue weighted by Gasteiger charge is -2.30. The smallest absolute Gasteiger partial charge is 0.159 e. The van der Waals surface area contributed by atoms with Crippen LogP contribution < -0.4 is 4.90 Å². The van der Waals surface area contributed by atoms with Crippen molar-refractivity contribution in [2.45, 2.75) is 24.3 Å². The van der Waals surface area contributed by atoms with Crippen molar-refractivity contribution in [3.8, 4) is 45.1 Å². The molecule has 3 aliphatic rings. The molecule has 16 aromatic rings. The number of benzene rings is 7. The van der Waals surface area contributed by atoms with Crippen LogP contribution >= 0.6 is 0 Å². The van der Waals surface area contributed by atoms with Crippen molar-refractivity contribution in [3.05, 3.63) is 284 Å². The van der Waals surface area contributed by atoms with Gasteiger partial charge in [-0.05, 0) is 155 Å². The van der Waals surface area contributed by atoms with Gasteiger partial charge >= 0.3 is 0 Å². The van der Waals surface area contributed by atoms with Crippen molar-refractivity contribution in [1.82, 2.24) is 34.1 Å². The molecule has 0 spiro atoms. The summed E-state index contributed by atoms with van der Waals surface area (Å²) in [5.74, 6) is 1.53. The number of furan rings is 2. The Labute approximate surface area is 509 Å². The van der Waals surface area contributed by atoms with Gasteiger partial charge in [0.15, 0.2) is 11.2 Å². The molecular formula is C78H49N9O2. The van der Waals surface area contributed by atoms with Crippen LogP contribution in [0.25, 0.3) is 128 Å². The number of nitrogens with zero attached hydrogens (tertiary/aromatic N) is 9. The second kappa shape index (κ2) is 19.3. The lowest BCUT2D eigenvalue weighted by Crippen LogP contribution is -2.28. The van der Waals surface area contributed by atoms with Crippen molar-refractivity contribution < 1.29 is 8.83 Å². The molecular weight excluding hydrogens is 1090 g/mol. The molecule has 3 unspecified atom stereocenters. The summed E-state index contributed by atoms with van der Waals surface area (Å²) in [6, 6.07) is 77.3. The molecule has 0 N–H and O–H groups in total. The Morgan fingerprint density at radius 3 is 1.96 bits per heavy atom. The molecule has 3 atom stereocenters. The molecule has 11 heterocycles. The summed E-state index contributed by atoms with van der Waals surface area (Å²) < 4.78 is 18.3. The van der Waals surface area contributed by atoms with Gasteiger partial charge < -0.3 is 18.3 Å². The number of aromatic nitrogens is 7. The summed E-state index contributed by atoms with van der Waals surface area (Å²) in [5.41, 5.74) is 24.0. The van der Waals surface area contributed by atoms with E-state index < -0.39 is 0 Å². The molecule has 19 rings (SSSR count). The molecule has 11 heteroatoms. The number of rotatable bonds is 8. The van der Waals surface area contributed by atoms with Crippen LogP contribution in [0.3, 0.4) is 0 Å². The van der Waals surface area contributed by atoms with Gasteiger partial charge in [-0.25, -0.2) is 4.98 Å². The van der Waals surface area contributed by atoms with Gasteiger partial charge in [0.05, 0.1) is 45.2 Å². The Kier molecular flexibility index (Phi) is 10.7. The average Bonchev–Trinajstić information content (AvgIpc) is 2.02. The maximum Gasteiger partial charge on any atom is 0.159 e. The highest BCUT2D eigenvalue weighted by atomic mass is 16.3. The first-order valence-electron chi connectivity index (χ1n) is 30.2. The SMILES string of the molecule is C1=CC2C(C=C1c1ccccc1-c1ccccn1)c1cc(-c3ccccc3-c3ccccn3)ccc1N2c1ccc2oc3c(-n4c5ccccc5c5cc(C6CC=Nc7c6oc6ccc(-n8c9cccnc9c9ncccc98)nc76)ccc54)cccc3c2c1. The zero-order chi connectivity index (χ0) is 58.3. The summed E-state index contributed by atoms with van der Waals surface area (Å²) in [5, 5.41) is 4.40. The quantitative estimate of drug-likeness (QED) is 0.148. The molecule has 0 fully saturated rings. The van der Waals surface area contributed by atoms with E-state index in [4.69, 9.17) is 38.7 Å². The summed E-state index contributed by atoms with van der Waals surface area (Å²) in [6.45, 7) is 0. The number of pyridine rings is 5. The molecule has 0 saturated carbocycles. The van der Waals surface area contributed by atoms with Crippen molar-refractivity contribution in [1.29, 1.82) is 0 Å². The summed E-state index contributed by atoms with van der Waals surface area (Å²) >= 11 is 0. The van der Waals surface area contributed by atoms with E-state index in [9.17, 15) is 0 Å². The minimum Gasteiger partial charge on any atom is -0.456 e. The first-order chi connectivity index (χ1) is 44.1. The Morgan fingerprint density at radius 1 is 0.461 bits per heavy atom. The number of anilines is 2. The summed E-state index contributed by atoms with van der Waals surface area (Å²) in [6.07, 6.45) is 17.2. The minimum absolute atomic E-state index is 0.00258. The van der Waals surface area contributed by atoms with Crippen LogP contribution in [0.5, 0.6) is 0 Å². The third-order valence-electron chi connectivity index (χ3n) is 18.5. The van der Waals surface area contributed by atoms with Crippen LogP contribution in [-0.2, 0) is 0 Å². The highest BCUT2D eigenvalue weighted by molar-refractivity contribution is 6.14. The Bertz CT molecular complexity index is 5660. The first-order valence-corrected chi connectivity index (χ1v) is 30.2. The van der Waals surface area contributed by atoms with Gasteiger partial charge in [0.2, 0.25) is 0 Å². The maximum atomic E-state index is 7.07. The van der Waals surface area contributed by atoms with Crippen LogP contribution in [0.15, 0.2) is 275 Å². The summed E-state index contributed by atoms with van der Waals surface area (Å²) in [4.78, 5) is 31.7. The van der Waals surface area contributed by atoms with Gasteiger partial charge in [0.25, 0.3) is 0 Å². The fourth-order valence-corrected chi connectivity index (χ4v) is 14.6. The molecule has 0 amide bonds. The Morgan fingerprint density at radius 2 is 1.16 bits per heavy atom. The Balaban J connectivity index is 0.707. The van der Waals surface area contributed by atoms with Crippen LogP contribution in [0.4, 0.5) is 17.1 Å². The van der Waals surface area contributed by atoms with Crippen molar-refractivity contribution in [2.75, 3.05) is 4.90 Å². The fourth-order valence-electron chi connectivity index (χ4n) is 14.6. The standard InChI is InChI=1S/C78H49N9O2/c1-3-16-53(61-20-7-9-37-79-61)50(14-1)46-26-30-64-58(42-46)59-43-47(51-15-2-4-17-54(51)62-21-8-10-38-80-62)27-31-65(59)85(64)49-29-33-70-60(45-49)56-19-11-23-69(77(56)88-70)86-63-22-6-5-18-55(63)57-44-48(28-32-66(57)86)52-36-41-83-76-75-71(89-78(52)76)34-35-72(84-75)87-67-24-12-39-81-73(67)74-68(87)25-13-40-82-74/h1-35,37-45,52,58,64H,36H2. The lowest BCUT2D eigenvalue weighted by atomic mass is 9.84. The van der Waals surface area contributed by atoms with Gasteiger partial charge in [-0.1, -0.05) is 121 Å². The van der Waals surface area contributed by atoms with E-state index in [1.807, 2.05) is 55.0 Å². The number of para-hydroxylation sites is 2. The second-order valence-corrected chi connectivity index (χ2v) is 23.2. The normalized spacial score (nSPS) is 16.1. The van der Waals surface area contributed by atoms with Gasteiger partial charge in [0.1, 0.15) is 39.4 Å². The van der Waals surface area contributed by atoms with E-state index >= 15 is 0 Å². The van der Waals surface area contributed by atoms with E-state index in [1.54, 1.807) is 12.4 Å². The highest BCUT2D eigenvalue weighted by Gasteiger charge is 2.40. The molecule has 11 nitrogen and oxygen atoms in total. The zero-order valence-corrected chi connectivity index (χ0v) is 47.7. The van der Waals surface area contributed by atoms with Gasteiger partial charge in [-0.3, -0.25) is 29.5 Å². The van der Waals surface area contributed by atoms with E-state index in [0.29, 0.717) is 12.0 Å². The first kappa shape index (κ1) is 49.4. The van der Waals surface area contributed by atoms with Crippen LogP contribution in [-0.4, -0.2) is 46.3 Å². The molecule has 89 heavy (non-hydrogen) atoms. The minimum atomic E-state index is -0.0776. The third kappa shape index (κ3) is 7.51. The third-order valence-corrected chi connectivity index (χ3v) is 18.5. The van der Waals surface area contributed by atoms with Crippen molar-refractivity contribution in [3.63, 3.8) is 0 Å². The fraction of sp³-hybridized carbons (Fsp3) is 0.0513. The second-order valence-electron chi connectivity index (χ2n) is 23.2. The van der Waals surface area contributed by atoms with E-state index in [1.165, 1.54) is 16.8 Å². The van der Waals surface area contributed by atoms with Crippen LogP contribution in [0.2, 0.25) is 0 Å². The molecule has 0 radical (unpaired) electrons. The summed E-state index contributed by atoms with van der Waals surface area (Å²) in [7, 11) is 0. The molecule has 1 aliphatic carbocycles. The van der Waals surface area contributed by atoms with Crippen LogP contribution in [0, 0.1) is 0 Å². The topological polar surface area (TPSA) is 116 Å². The molecule has 0 bridgehead atoms. The van der Waals surface area contributed by atoms with E-state index in [-0.39, 0.29) is 17.9 Å².